The van der Waals surface area contributed by atoms with Crippen molar-refractivity contribution in [2.45, 2.75) is 56.9 Å². The fraction of sp³-hybridized carbons (Fsp3) is 0.769. The maximum atomic E-state index is 12.6. The van der Waals surface area contributed by atoms with Crippen LogP contribution in [-0.2, 0) is 10.0 Å². The second-order valence-electron chi connectivity index (χ2n) is 5.98. The highest BCUT2D eigenvalue weighted by Gasteiger charge is 2.39. The Labute approximate surface area is 125 Å². The van der Waals surface area contributed by atoms with E-state index in [-0.39, 0.29) is 4.90 Å². The molecule has 0 aromatic carbocycles. The van der Waals surface area contributed by atoms with E-state index in [2.05, 4.69) is 21.8 Å². The Kier molecular flexibility index (Phi) is 4.47. The summed E-state index contributed by atoms with van der Waals surface area (Å²) >= 11 is 6.10. The number of halogens is 1. The average Bonchev–Trinajstić information content (AvgIpc) is 2.69. The molecule has 1 fully saturated rings. The van der Waals surface area contributed by atoms with Gasteiger partial charge >= 0.3 is 0 Å². The topological polar surface area (TPSA) is 74.8 Å². The first kappa shape index (κ1) is 15.8. The third-order valence-electron chi connectivity index (χ3n) is 4.03. The molecule has 0 aliphatic heterocycles. The number of nitrogens with zero attached hydrogens (tertiary/aromatic N) is 1. The summed E-state index contributed by atoms with van der Waals surface area (Å²) in [5.41, 5.74) is 0.515. The fourth-order valence-corrected chi connectivity index (χ4v) is 5.38. The van der Waals surface area contributed by atoms with Crippen LogP contribution in [0.4, 0.5) is 0 Å². The lowest BCUT2D eigenvalue weighted by Crippen LogP contribution is -2.52. The number of hydrogen-bond acceptors (Lipinski definition) is 3. The molecule has 1 aliphatic carbocycles. The minimum Gasteiger partial charge on any atom is -0.281 e. The molecule has 1 aliphatic rings. The smallest absolute Gasteiger partial charge is 0.244 e. The van der Waals surface area contributed by atoms with Crippen LogP contribution in [0.15, 0.2) is 4.90 Å². The van der Waals surface area contributed by atoms with Crippen LogP contribution in [0.2, 0.25) is 0 Å². The Hall–Kier alpha value is -0.590. The maximum Gasteiger partial charge on any atom is 0.244 e. The van der Waals surface area contributed by atoms with E-state index in [1.807, 2.05) is 0 Å². The Morgan fingerprint density at radius 1 is 1.50 bits per heavy atom. The van der Waals surface area contributed by atoms with Gasteiger partial charge in [0.1, 0.15) is 4.90 Å². The SMILES string of the molecule is Cc1n[nH]c(C)c1S(=O)(=O)NC1(CCl)CCCC(C)C1. The molecule has 2 atom stereocenters. The van der Waals surface area contributed by atoms with Gasteiger partial charge in [-0.3, -0.25) is 5.10 Å². The minimum absolute atomic E-state index is 0.250. The highest BCUT2D eigenvalue weighted by Crippen LogP contribution is 2.34. The number of H-pyrrole nitrogens is 1. The van der Waals surface area contributed by atoms with E-state index in [1.54, 1.807) is 13.8 Å². The zero-order chi connectivity index (χ0) is 15.0. The van der Waals surface area contributed by atoms with Crippen LogP contribution in [0, 0.1) is 19.8 Å². The zero-order valence-corrected chi connectivity index (χ0v) is 13.7. The number of sulfonamides is 1. The van der Waals surface area contributed by atoms with Crippen LogP contribution >= 0.6 is 11.6 Å². The minimum atomic E-state index is -3.60. The molecule has 0 radical (unpaired) electrons. The van der Waals surface area contributed by atoms with Crippen LogP contribution in [-0.4, -0.2) is 30.0 Å². The van der Waals surface area contributed by atoms with Crippen LogP contribution in [0.25, 0.3) is 0 Å². The molecule has 5 nitrogen and oxygen atoms in total. The summed E-state index contributed by atoms with van der Waals surface area (Å²) in [6.45, 7) is 5.55. The van der Waals surface area contributed by atoms with Crippen molar-refractivity contribution in [3.63, 3.8) is 0 Å². The van der Waals surface area contributed by atoms with Crippen LogP contribution in [0.5, 0.6) is 0 Å². The lowest BCUT2D eigenvalue weighted by Gasteiger charge is -2.39. The second kappa shape index (κ2) is 5.66. The van der Waals surface area contributed by atoms with Crippen LogP contribution in [0.1, 0.15) is 44.0 Å². The summed E-state index contributed by atoms with van der Waals surface area (Å²) in [7, 11) is -3.60. The quantitative estimate of drug-likeness (QED) is 0.837. The number of hydrogen-bond donors (Lipinski definition) is 2. The monoisotopic (exact) mass is 319 g/mol. The molecular weight excluding hydrogens is 298 g/mol. The molecule has 1 aromatic heterocycles. The molecule has 2 rings (SSSR count). The van der Waals surface area contributed by atoms with Gasteiger partial charge in [-0.15, -0.1) is 11.6 Å². The molecule has 114 valence electrons. The molecule has 0 amide bonds. The highest BCUT2D eigenvalue weighted by atomic mass is 35.5. The first-order valence-electron chi connectivity index (χ1n) is 6.91. The van der Waals surface area contributed by atoms with Crippen molar-refractivity contribution in [3.8, 4) is 0 Å². The second-order valence-corrected chi connectivity index (χ2v) is 7.87. The lowest BCUT2D eigenvalue weighted by molar-refractivity contribution is 0.239. The van der Waals surface area contributed by atoms with Crippen LogP contribution < -0.4 is 4.72 Å². The van der Waals surface area contributed by atoms with Gasteiger partial charge in [-0.25, -0.2) is 13.1 Å². The van der Waals surface area contributed by atoms with Gasteiger partial charge < -0.3 is 0 Å². The van der Waals surface area contributed by atoms with Gasteiger partial charge in [0.05, 0.1) is 11.4 Å². The fourth-order valence-electron chi connectivity index (χ4n) is 3.17. The van der Waals surface area contributed by atoms with E-state index in [1.165, 1.54) is 0 Å². The number of aromatic amines is 1. The van der Waals surface area contributed by atoms with Gasteiger partial charge in [0.15, 0.2) is 0 Å². The summed E-state index contributed by atoms with van der Waals surface area (Å²) in [4.78, 5) is 0.250. The Bertz CT molecular complexity index is 565. The first-order valence-corrected chi connectivity index (χ1v) is 8.93. The van der Waals surface area contributed by atoms with Crippen molar-refractivity contribution in [2.75, 3.05) is 5.88 Å². The Morgan fingerprint density at radius 2 is 2.20 bits per heavy atom. The standard InChI is InChI=1S/C13H22ClN3O2S/c1-9-5-4-6-13(7-9,8-14)17-20(18,19)12-10(2)15-16-11(12)3/h9,17H,4-8H2,1-3H3,(H,15,16). The molecule has 0 spiro atoms. The molecule has 0 bridgehead atoms. The number of aromatic nitrogens is 2. The van der Waals surface area contributed by atoms with Crippen molar-refractivity contribution < 1.29 is 8.42 Å². The van der Waals surface area contributed by atoms with Crippen LogP contribution in [0.3, 0.4) is 0 Å². The zero-order valence-electron chi connectivity index (χ0n) is 12.2. The van der Waals surface area contributed by atoms with E-state index in [9.17, 15) is 8.42 Å². The third-order valence-corrected chi connectivity index (χ3v) is 6.38. The predicted octanol–water partition coefficient (Wildman–Crippen LogP) is 2.49. The van der Waals surface area contributed by atoms with Gasteiger partial charge in [0.25, 0.3) is 0 Å². The molecule has 20 heavy (non-hydrogen) atoms. The van der Waals surface area contributed by atoms with Crippen molar-refractivity contribution in [3.05, 3.63) is 11.4 Å². The molecule has 7 heteroatoms. The Morgan fingerprint density at radius 3 is 2.70 bits per heavy atom. The number of alkyl halides is 1. The first-order chi connectivity index (χ1) is 9.30. The van der Waals surface area contributed by atoms with Crippen molar-refractivity contribution in [1.29, 1.82) is 0 Å². The summed E-state index contributed by atoms with van der Waals surface area (Å²) in [6.07, 6.45) is 3.70. The van der Waals surface area contributed by atoms with Crippen molar-refractivity contribution in [2.24, 2.45) is 5.92 Å². The van der Waals surface area contributed by atoms with Gasteiger partial charge in [0, 0.05) is 11.4 Å². The van der Waals surface area contributed by atoms with E-state index >= 15 is 0 Å². The third kappa shape index (κ3) is 3.02. The summed E-state index contributed by atoms with van der Waals surface area (Å²) in [5.74, 6) is 0.781. The largest absolute Gasteiger partial charge is 0.281 e. The average molecular weight is 320 g/mol. The van der Waals surface area contributed by atoms with Crippen molar-refractivity contribution >= 4 is 21.6 Å². The van der Waals surface area contributed by atoms with Gasteiger partial charge in [-0.1, -0.05) is 19.8 Å². The summed E-state index contributed by atoms with van der Waals surface area (Å²) in [6, 6.07) is 0. The lowest BCUT2D eigenvalue weighted by atomic mass is 9.78. The van der Waals surface area contributed by atoms with E-state index in [0.717, 1.165) is 25.7 Å². The molecular formula is C13H22ClN3O2S. The Balaban J connectivity index is 2.31. The number of aryl methyl sites for hydroxylation is 2. The van der Waals surface area contributed by atoms with Gasteiger partial charge in [-0.05, 0) is 32.6 Å². The van der Waals surface area contributed by atoms with E-state index in [0.29, 0.717) is 23.2 Å². The van der Waals surface area contributed by atoms with Gasteiger partial charge in [-0.2, -0.15) is 5.10 Å². The molecule has 1 aromatic rings. The highest BCUT2D eigenvalue weighted by molar-refractivity contribution is 7.89. The molecule has 0 saturated heterocycles. The molecule has 2 N–H and O–H groups in total. The molecule has 1 heterocycles. The van der Waals surface area contributed by atoms with Gasteiger partial charge in [0.2, 0.25) is 10.0 Å². The molecule has 1 saturated carbocycles. The van der Waals surface area contributed by atoms with E-state index < -0.39 is 15.6 Å². The summed E-state index contributed by atoms with van der Waals surface area (Å²) in [5, 5.41) is 6.68. The number of rotatable bonds is 4. The predicted molar refractivity (Wildman–Crippen MR) is 79.5 cm³/mol. The normalized spacial score (nSPS) is 27.7. The maximum absolute atomic E-state index is 12.6. The molecule has 2 unspecified atom stereocenters. The van der Waals surface area contributed by atoms with Crippen molar-refractivity contribution in [1.82, 2.24) is 14.9 Å². The number of nitrogens with one attached hydrogen (secondary N) is 2. The van der Waals surface area contributed by atoms with E-state index in [4.69, 9.17) is 11.6 Å². The summed E-state index contributed by atoms with van der Waals surface area (Å²) < 4.78 is 28.1.